The molecule has 0 saturated carbocycles. The summed E-state index contributed by atoms with van der Waals surface area (Å²) in [4.78, 5) is 17.2. The predicted octanol–water partition coefficient (Wildman–Crippen LogP) is 7.07. The van der Waals surface area contributed by atoms with Crippen LogP contribution in [-0.4, -0.2) is 21.8 Å². The molecule has 0 radical (unpaired) electrons. The fourth-order valence-corrected chi connectivity index (χ4v) is 5.77. The van der Waals surface area contributed by atoms with E-state index in [1.54, 1.807) is 48.7 Å². The van der Waals surface area contributed by atoms with Gasteiger partial charge in [0.1, 0.15) is 29.2 Å². The Hall–Kier alpha value is -3.71. The Labute approximate surface area is 222 Å². The number of hydrogen-bond acceptors (Lipinski definition) is 6. The third kappa shape index (κ3) is 6.17. The summed E-state index contributed by atoms with van der Waals surface area (Å²) in [5.41, 5.74) is 2.42. The van der Waals surface area contributed by atoms with Gasteiger partial charge in [-0.25, -0.2) is 0 Å². The van der Waals surface area contributed by atoms with Gasteiger partial charge in [0, 0.05) is 46.6 Å². The molecule has 0 aliphatic carbocycles. The molecule has 3 aromatic rings. The summed E-state index contributed by atoms with van der Waals surface area (Å²) in [7, 11) is 0. The number of nitriles is 2. The van der Waals surface area contributed by atoms with E-state index in [0.717, 1.165) is 12.8 Å². The highest BCUT2D eigenvalue weighted by molar-refractivity contribution is 6.32. The number of benzene rings is 2. The summed E-state index contributed by atoms with van der Waals surface area (Å²) in [5.74, 6) is 1.00. The topological polar surface area (TPSA) is 98.8 Å². The summed E-state index contributed by atoms with van der Waals surface area (Å²) in [5, 5.41) is 23.0. The van der Waals surface area contributed by atoms with Crippen molar-refractivity contribution in [1.82, 2.24) is 10.3 Å². The zero-order valence-electron chi connectivity index (χ0n) is 21.4. The van der Waals surface area contributed by atoms with Gasteiger partial charge in [-0.3, -0.25) is 9.78 Å². The van der Waals surface area contributed by atoms with E-state index in [0.29, 0.717) is 50.8 Å². The lowest BCUT2D eigenvalue weighted by molar-refractivity contribution is 0.0864. The normalized spacial score (nSPS) is 16.4. The Morgan fingerprint density at radius 3 is 2.43 bits per heavy atom. The molecule has 1 saturated heterocycles. The van der Waals surface area contributed by atoms with Gasteiger partial charge >= 0.3 is 0 Å². The lowest BCUT2D eigenvalue weighted by Crippen LogP contribution is -2.57. The molecule has 0 atom stereocenters. The quantitative estimate of drug-likeness (QED) is 0.355. The molecule has 1 aromatic heterocycles. The van der Waals surface area contributed by atoms with Crippen LogP contribution in [0.3, 0.4) is 0 Å². The predicted molar refractivity (Wildman–Crippen MR) is 144 cm³/mol. The number of pyridine rings is 1. The molecule has 7 heteroatoms. The molecule has 2 aromatic carbocycles. The monoisotopic (exact) mass is 512 g/mol. The summed E-state index contributed by atoms with van der Waals surface area (Å²) in [6.45, 7) is 8.70. The molecule has 2 heterocycles. The van der Waals surface area contributed by atoms with Crippen LogP contribution in [0.1, 0.15) is 68.4 Å². The summed E-state index contributed by atoms with van der Waals surface area (Å²) >= 11 is 6.53. The first-order valence-corrected chi connectivity index (χ1v) is 12.6. The molecule has 188 valence electrons. The minimum absolute atomic E-state index is 0.0268. The van der Waals surface area contributed by atoms with Crippen molar-refractivity contribution in [2.45, 2.75) is 58.0 Å². The van der Waals surface area contributed by atoms with Crippen molar-refractivity contribution >= 4 is 17.4 Å². The molecule has 37 heavy (non-hydrogen) atoms. The minimum atomic E-state index is -0.0268. The molecule has 1 fully saturated rings. The Bertz CT molecular complexity index is 1420. The highest BCUT2D eigenvalue weighted by Gasteiger charge is 2.38. The first kappa shape index (κ1) is 26.4. The highest BCUT2D eigenvalue weighted by atomic mass is 35.5. The van der Waals surface area contributed by atoms with Gasteiger partial charge in [-0.2, -0.15) is 10.5 Å². The van der Waals surface area contributed by atoms with Crippen LogP contribution in [0.5, 0.6) is 11.5 Å². The standard InChI is InChI=1S/C30H29ClN4O2/c1-29(2)13-19(14-30(3,4)35-29)11-26(36)21-8-9-28(25(31)12-21)37-27-7-5-6-23(24(27)16-33)22-10-20(15-32)17-34-18-22/h5-10,12,17-19,35H,11,13-14H2,1-4H3. The average molecular weight is 513 g/mol. The van der Waals surface area contributed by atoms with Gasteiger partial charge in [0.15, 0.2) is 5.78 Å². The second kappa shape index (κ2) is 10.3. The number of aromatic nitrogens is 1. The molecule has 1 N–H and O–H groups in total. The number of halogens is 1. The maximum atomic E-state index is 13.1. The van der Waals surface area contributed by atoms with Crippen LogP contribution in [0.25, 0.3) is 11.1 Å². The number of hydrogen-bond donors (Lipinski definition) is 1. The molecule has 1 aliphatic rings. The molecule has 0 amide bonds. The van der Waals surface area contributed by atoms with E-state index in [2.05, 4.69) is 50.1 Å². The Balaban J connectivity index is 1.54. The first-order valence-electron chi connectivity index (χ1n) is 12.2. The maximum Gasteiger partial charge on any atom is 0.163 e. The number of rotatable bonds is 6. The largest absolute Gasteiger partial charge is 0.454 e. The van der Waals surface area contributed by atoms with Gasteiger partial charge in [-0.1, -0.05) is 23.7 Å². The maximum absolute atomic E-state index is 13.1. The third-order valence-corrected chi connectivity index (χ3v) is 6.83. The fraction of sp³-hybridized carbons (Fsp3) is 0.333. The number of Topliss-reactive ketones (excluding diaryl/α,β-unsaturated/α-hetero) is 1. The number of piperidine rings is 1. The molecule has 0 spiro atoms. The van der Waals surface area contributed by atoms with E-state index in [1.807, 2.05) is 0 Å². The molecular formula is C30H29ClN4O2. The van der Waals surface area contributed by atoms with E-state index < -0.39 is 0 Å². The lowest BCUT2D eigenvalue weighted by Gasteiger charge is -2.46. The van der Waals surface area contributed by atoms with E-state index >= 15 is 0 Å². The fourth-order valence-electron chi connectivity index (χ4n) is 5.55. The number of ketones is 1. The van der Waals surface area contributed by atoms with Crippen LogP contribution in [0.2, 0.25) is 5.02 Å². The van der Waals surface area contributed by atoms with E-state index in [1.165, 1.54) is 6.20 Å². The zero-order chi connectivity index (χ0) is 26.8. The molecule has 4 rings (SSSR count). The summed E-state index contributed by atoms with van der Waals surface area (Å²) in [6.07, 6.45) is 5.38. The number of ether oxygens (including phenoxy) is 1. The Morgan fingerprint density at radius 1 is 1.05 bits per heavy atom. The summed E-state index contributed by atoms with van der Waals surface area (Å²) in [6, 6.07) is 16.2. The summed E-state index contributed by atoms with van der Waals surface area (Å²) < 4.78 is 6.03. The SMILES string of the molecule is CC1(C)CC(CC(=O)c2ccc(Oc3cccc(-c4cncc(C#N)c4)c3C#N)c(Cl)c2)CC(C)(C)N1. The van der Waals surface area contributed by atoms with Gasteiger partial charge in [-0.15, -0.1) is 0 Å². The zero-order valence-corrected chi connectivity index (χ0v) is 22.2. The molecule has 0 unspecified atom stereocenters. The second-order valence-electron chi connectivity index (χ2n) is 10.9. The molecular weight excluding hydrogens is 484 g/mol. The number of nitrogens with zero attached hydrogens (tertiary/aromatic N) is 3. The Morgan fingerprint density at radius 2 is 1.78 bits per heavy atom. The van der Waals surface area contributed by atoms with Gasteiger partial charge in [0.2, 0.25) is 0 Å². The molecule has 6 nitrogen and oxygen atoms in total. The van der Waals surface area contributed by atoms with Gasteiger partial charge in [-0.05, 0) is 76.8 Å². The second-order valence-corrected chi connectivity index (χ2v) is 11.3. The molecule has 1 aliphatic heterocycles. The van der Waals surface area contributed by atoms with Gasteiger partial charge < -0.3 is 10.1 Å². The number of carbonyl (C=O) groups excluding carboxylic acids is 1. The van der Waals surface area contributed by atoms with Crippen molar-refractivity contribution in [2.75, 3.05) is 0 Å². The van der Waals surface area contributed by atoms with Crippen molar-refractivity contribution in [3.8, 4) is 34.8 Å². The van der Waals surface area contributed by atoms with Gasteiger partial charge in [0.05, 0.1) is 10.6 Å². The van der Waals surface area contributed by atoms with Crippen LogP contribution in [0.15, 0.2) is 54.9 Å². The minimum Gasteiger partial charge on any atom is -0.454 e. The van der Waals surface area contributed by atoms with Crippen LogP contribution in [-0.2, 0) is 0 Å². The van der Waals surface area contributed by atoms with Crippen LogP contribution < -0.4 is 10.1 Å². The van der Waals surface area contributed by atoms with Crippen molar-refractivity contribution in [3.63, 3.8) is 0 Å². The van der Waals surface area contributed by atoms with Crippen LogP contribution >= 0.6 is 11.6 Å². The van der Waals surface area contributed by atoms with Crippen LogP contribution in [0, 0.1) is 28.6 Å². The highest BCUT2D eigenvalue weighted by Crippen LogP contribution is 2.38. The average Bonchev–Trinajstić information content (AvgIpc) is 2.83. The van der Waals surface area contributed by atoms with Gasteiger partial charge in [0.25, 0.3) is 0 Å². The molecule has 0 bridgehead atoms. The lowest BCUT2D eigenvalue weighted by atomic mass is 9.74. The van der Waals surface area contributed by atoms with Crippen molar-refractivity contribution in [3.05, 3.63) is 76.6 Å². The van der Waals surface area contributed by atoms with Crippen LogP contribution in [0.4, 0.5) is 0 Å². The van der Waals surface area contributed by atoms with Crippen molar-refractivity contribution < 1.29 is 9.53 Å². The Kier molecular flexibility index (Phi) is 7.37. The van der Waals surface area contributed by atoms with E-state index in [-0.39, 0.29) is 22.8 Å². The smallest absolute Gasteiger partial charge is 0.163 e. The number of nitrogens with one attached hydrogen (secondary N) is 1. The van der Waals surface area contributed by atoms with E-state index in [4.69, 9.17) is 16.3 Å². The third-order valence-electron chi connectivity index (χ3n) is 6.54. The number of carbonyl (C=O) groups is 1. The van der Waals surface area contributed by atoms with Crippen molar-refractivity contribution in [1.29, 1.82) is 10.5 Å². The van der Waals surface area contributed by atoms with E-state index in [9.17, 15) is 15.3 Å². The van der Waals surface area contributed by atoms with Crippen molar-refractivity contribution in [2.24, 2.45) is 5.92 Å². The first-order chi connectivity index (χ1) is 17.5.